The van der Waals surface area contributed by atoms with Crippen LogP contribution in [0, 0.1) is 19.7 Å². The van der Waals surface area contributed by atoms with Crippen LogP contribution in [0.2, 0.25) is 0 Å². The van der Waals surface area contributed by atoms with Crippen molar-refractivity contribution in [3.63, 3.8) is 0 Å². The molecule has 2 aromatic carbocycles. The van der Waals surface area contributed by atoms with Crippen molar-refractivity contribution in [1.82, 2.24) is 15.3 Å². The molecule has 5 nitrogen and oxygen atoms in total. The fraction of sp³-hybridized carbons (Fsp3) is 0.192. The van der Waals surface area contributed by atoms with Crippen LogP contribution in [0.25, 0.3) is 33.2 Å². The number of aromatic nitrogens is 2. The lowest BCUT2D eigenvalue weighted by Gasteiger charge is -2.18. The second-order valence-corrected chi connectivity index (χ2v) is 7.92. The number of halogens is 1. The highest BCUT2D eigenvalue weighted by molar-refractivity contribution is 6.05. The molecule has 4 aromatic rings. The number of fused-ring (bicyclic) bond motifs is 1. The molecule has 1 atom stereocenters. The highest BCUT2D eigenvalue weighted by Crippen LogP contribution is 2.38. The second-order valence-electron chi connectivity index (χ2n) is 7.92. The highest BCUT2D eigenvalue weighted by atomic mass is 19.1. The van der Waals surface area contributed by atoms with E-state index in [1.54, 1.807) is 43.6 Å². The maximum atomic E-state index is 14.9. The molecule has 0 radical (unpaired) electrons. The van der Waals surface area contributed by atoms with Gasteiger partial charge in [-0.3, -0.25) is 9.78 Å². The Bertz CT molecular complexity index is 1310. The quantitative estimate of drug-likeness (QED) is 0.477. The Morgan fingerprint density at radius 2 is 1.81 bits per heavy atom. The molecule has 0 spiro atoms. The van der Waals surface area contributed by atoms with E-state index >= 15 is 0 Å². The van der Waals surface area contributed by atoms with Gasteiger partial charge < -0.3 is 10.4 Å². The van der Waals surface area contributed by atoms with E-state index in [0.29, 0.717) is 16.6 Å². The number of rotatable bonds is 5. The summed E-state index contributed by atoms with van der Waals surface area (Å²) in [5.74, 6) is -0.792. The van der Waals surface area contributed by atoms with Crippen LogP contribution in [0.15, 0.2) is 60.9 Å². The van der Waals surface area contributed by atoms with Crippen LogP contribution in [0.4, 0.5) is 4.39 Å². The molecule has 4 rings (SSSR count). The van der Waals surface area contributed by atoms with Gasteiger partial charge >= 0.3 is 0 Å². The number of hydrogen-bond donors (Lipinski definition) is 2. The van der Waals surface area contributed by atoms with E-state index in [9.17, 15) is 14.3 Å². The standard InChI is InChI=1S/C26H24FN3O2/c1-15-12-22-25(17(3)24(15)18-8-10-28-11-9-18)20(19-6-4-5-7-21(19)27)13-23(30-22)26(32)29-16(2)14-31/h4-13,16,31H,14H2,1-3H3,(H,29,32)/t16-/m0/s1. The maximum Gasteiger partial charge on any atom is 0.270 e. The van der Waals surface area contributed by atoms with Gasteiger partial charge in [-0.1, -0.05) is 18.2 Å². The molecule has 1 amide bonds. The number of amides is 1. The molecule has 0 fully saturated rings. The third-order valence-electron chi connectivity index (χ3n) is 5.56. The molecular formula is C26H24FN3O2. The number of nitrogens with one attached hydrogen (secondary N) is 1. The zero-order valence-corrected chi connectivity index (χ0v) is 18.2. The Labute approximate surface area is 186 Å². The van der Waals surface area contributed by atoms with Crippen LogP contribution in [0.1, 0.15) is 28.5 Å². The third kappa shape index (κ3) is 3.97. The molecular weight excluding hydrogens is 405 g/mol. The summed E-state index contributed by atoms with van der Waals surface area (Å²) in [6.07, 6.45) is 3.48. The van der Waals surface area contributed by atoms with Crippen LogP contribution >= 0.6 is 0 Å². The molecule has 0 saturated carbocycles. The molecule has 6 heteroatoms. The van der Waals surface area contributed by atoms with Crippen molar-refractivity contribution >= 4 is 16.8 Å². The van der Waals surface area contributed by atoms with Gasteiger partial charge in [0.05, 0.1) is 12.1 Å². The number of aryl methyl sites for hydroxylation is 2. The Balaban J connectivity index is 2.03. The number of pyridine rings is 2. The fourth-order valence-electron chi connectivity index (χ4n) is 4.08. The highest BCUT2D eigenvalue weighted by Gasteiger charge is 2.20. The normalized spacial score (nSPS) is 12.0. The number of benzene rings is 2. The minimum absolute atomic E-state index is 0.173. The smallest absolute Gasteiger partial charge is 0.270 e. The molecule has 2 heterocycles. The summed E-state index contributed by atoms with van der Waals surface area (Å²) in [4.78, 5) is 21.5. The maximum absolute atomic E-state index is 14.9. The van der Waals surface area contributed by atoms with Gasteiger partial charge in [0.2, 0.25) is 0 Å². The first kappa shape index (κ1) is 21.6. The van der Waals surface area contributed by atoms with Gasteiger partial charge in [0.15, 0.2) is 0 Å². The molecule has 0 aliphatic heterocycles. The van der Waals surface area contributed by atoms with Crippen molar-refractivity contribution in [2.75, 3.05) is 6.61 Å². The molecule has 0 aliphatic carbocycles. The summed E-state index contributed by atoms with van der Waals surface area (Å²) in [7, 11) is 0. The summed E-state index contributed by atoms with van der Waals surface area (Å²) in [5.41, 5.74) is 5.77. The molecule has 2 N–H and O–H groups in total. The number of carbonyl (C=O) groups excluding carboxylic acids is 1. The number of nitrogens with zero attached hydrogens (tertiary/aromatic N) is 2. The summed E-state index contributed by atoms with van der Waals surface area (Å²) < 4.78 is 14.9. The van der Waals surface area contributed by atoms with Crippen molar-refractivity contribution in [2.24, 2.45) is 0 Å². The Hall–Kier alpha value is -3.64. The first-order chi connectivity index (χ1) is 15.4. The second kappa shape index (κ2) is 8.85. The fourth-order valence-corrected chi connectivity index (χ4v) is 4.08. The van der Waals surface area contributed by atoms with E-state index in [1.165, 1.54) is 6.07 Å². The van der Waals surface area contributed by atoms with Crippen molar-refractivity contribution in [1.29, 1.82) is 0 Å². The average Bonchev–Trinajstić information content (AvgIpc) is 2.79. The van der Waals surface area contributed by atoms with Crippen molar-refractivity contribution in [2.45, 2.75) is 26.8 Å². The lowest BCUT2D eigenvalue weighted by molar-refractivity contribution is 0.0917. The van der Waals surface area contributed by atoms with Crippen LogP contribution < -0.4 is 5.32 Å². The Morgan fingerprint density at radius 1 is 1.09 bits per heavy atom. The predicted octanol–water partition coefficient (Wildman–Crippen LogP) is 4.83. The first-order valence-electron chi connectivity index (χ1n) is 10.4. The van der Waals surface area contributed by atoms with Crippen LogP contribution in [0.3, 0.4) is 0 Å². The molecule has 0 saturated heterocycles. The molecule has 2 aromatic heterocycles. The van der Waals surface area contributed by atoms with E-state index < -0.39 is 11.9 Å². The summed E-state index contributed by atoms with van der Waals surface area (Å²) in [6.45, 7) is 5.50. The van der Waals surface area contributed by atoms with Crippen LogP contribution in [-0.2, 0) is 0 Å². The van der Waals surface area contributed by atoms with Gasteiger partial charge in [-0.2, -0.15) is 0 Å². The SMILES string of the molecule is Cc1cc2nc(C(=O)N[C@@H](C)CO)cc(-c3ccccc3F)c2c(C)c1-c1ccncc1. The minimum atomic E-state index is -0.422. The summed E-state index contributed by atoms with van der Waals surface area (Å²) in [6, 6.07) is 13.5. The van der Waals surface area contributed by atoms with E-state index in [4.69, 9.17) is 0 Å². The van der Waals surface area contributed by atoms with E-state index in [0.717, 1.165) is 27.6 Å². The van der Waals surface area contributed by atoms with Gasteiger partial charge in [0, 0.05) is 29.4 Å². The molecule has 0 aliphatic rings. The van der Waals surface area contributed by atoms with Crippen LogP contribution in [-0.4, -0.2) is 33.6 Å². The topological polar surface area (TPSA) is 75.1 Å². The van der Waals surface area contributed by atoms with Gasteiger partial charge in [-0.15, -0.1) is 0 Å². The monoisotopic (exact) mass is 429 g/mol. The lowest BCUT2D eigenvalue weighted by Crippen LogP contribution is -2.35. The zero-order chi connectivity index (χ0) is 22.8. The van der Waals surface area contributed by atoms with Gasteiger partial charge in [0.1, 0.15) is 11.5 Å². The minimum Gasteiger partial charge on any atom is -0.394 e. The van der Waals surface area contributed by atoms with Gasteiger partial charge in [-0.25, -0.2) is 9.37 Å². The van der Waals surface area contributed by atoms with Crippen molar-refractivity contribution in [3.05, 3.63) is 83.6 Å². The largest absolute Gasteiger partial charge is 0.394 e. The Kier molecular flexibility index (Phi) is 5.97. The third-order valence-corrected chi connectivity index (χ3v) is 5.56. The number of carbonyl (C=O) groups is 1. The van der Waals surface area contributed by atoms with Crippen molar-refractivity contribution in [3.8, 4) is 22.3 Å². The van der Waals surface area contributed by atoms with E-state index in [1.807, 2.05) is 32.0 Å². The molecule has 162 valence electrons. The lowest BCUT2D eigenvalue weighted by atomic mass is 9.89. The number of aliphatic hydroxyl groups is 1. The van der Waals surface area contributed by atoms with Crippen molar-refractivity contribution < 1.29 is 14.3 Å². The van der Waals surface area contributed by atoms with E-state index in [2.05, 4.69) is 15.3 Å². The number of aliphatic hydroxyl groups excluding tert-OH is 1. The van der Waals surface area contributed by atoms with Crippen LogP contribution in [0.5, 0.6) is 0 Å². The molecule has 32 heavy (non-hydrogen) atoms. The Morgan fingerprint density at radius 3 is 2.50 bits per heavy atom. The van der Waals surface area contributed by atoms with Gasteiger partial charge in [0.25, 0.3) is 5.91 Å². The average molecular weight is 429 g/mol. The molecule has 0 bridgehead atoms. The molecule has 0 unspecified atom stereocenters. The predicted molar refractivity (Wildman–Crippen MR) is 124 cm³/mol. The van der Waals surface area contributed by atoms with Gasteiger partial charge in [-0.05, 0) is 78.9 Å². The summed E-state index contributed by atoms with van der Waals surface area (Å²) >= 11 is 0. The van der Waals surface area contributed by atoms with E-state index in [-0.39, 0.29) is 18.1 Å². The first-order valence-corrected chi connectivity index (χ1v) is 10.4. The summed E-state index contributed by atoms with van der Waals surface area (Å²) in [5, 5.41) is 12.8. The number of hydrogen-bond acceptors (Lipinski definition) is 4. The zero-order valence-electron chi connectivity index (χ0n) is 18.2.